The van der Waals surface area contributed by atoms with Crippen LogP contribution < -0.4 is 10.6 Å². The lowest BCUT2D eigenvalue weighted by atomic mass is 10.1. The highest BCUT2D eigenvalue weighted by Gasteiger charge is 2.22. The van der Waals surface area contributed by atoms with Crippen LogP contribution in [0.3, 0.4) is 0 Å². The fourth-order valence-electron chi connectivity index (χ4n) is 2.58. The summed E-state index contributed by atoms with van der Waals surface area (Å²) < 4.78 is 0. The number of hydrogen-bond acceptors (Lipinski definition) is 2. The van der Waals surface area contributed by atoms with Crippen molar-refractivity contribution < 1.29 is 4.79 Å². The van der Waals surface area contributed by atoms with Crippen LogP contribution in [0.2, 0.25) is 0 Å². The van der Waals surface area contributed by atoms with Crippen LogP contribution in [0.15, 0.2) is 29.3 Å². The molecule has 2 rings (SSSR count). The van der Waals surface area contributed by atoms with Crippen molar-refractivity contribution in [2.75, 3.05) is 13.6 Å². The zero-order chi connectivity index (χ0) is 15.9. The second-order valence-electron chi connectivity index (χ2n) is 5.92. The summed E-state index contributed by atoms with van der Waals surface area (Å²) in [6.45, 7) is 6.39. The van der Waals surface area contributed by atoms with Crippen LogP contribution in [0.5, 0.6) is 0 Å². The number of guanidine groups is 1. The normalized spacial score (nSPS) is 14.2. The van der Waals surface area contributed by atoms with Crippen LogP contribution >= 0.6 is 0 Å². The van der Waals surface area contributed by atoms with Crippen molar-refractivity contribution in [3.05, 3.63) is 35.4 Å². The molecule has 22 heavy (non-hydrogen) atoms. The van der Waals surface area contributed by atoms with Crippen molar-refractivity contribution in [3.8, 4) is 0 Å². The summed E-state index contributed by atoms with van der Waals surface area (Å²) in [6.07, 6.45) is 1.38. The van der Waals surface area contributed by atoms with Crippen molar-refractivity contribution in [1.82, 2.24) is 15.5 Å². The predicted octanol–water partition coefficient (Wildman–Crippen LogP) is 1.88. The number of amides is 1. The van der Waals surface area contributed by atoms with E-state index in [1.165, 1.54) is 11.1 Å². The molecule has 0 unspecified atom stereocenters. The summed E-state index contributed by atoms with van der Waals surface area (Å²) in [5, 5.41) is 6.46. The lowest BCUT2D eigenvalue weighted by Gasteiger charge is -2.16. The van der Waals surface area contributed by atoms with Crippen LogP contribution in [-0.4, -0.2) is 36.4 Å². The molecule has 0 atom stereocenters. The van der Waals surface area contributed by atoms with E-state index in [0.717, 1.165) is 32.0 Å². The standard InChI is InChI=1S/C17H26N4O/c1-13(2)20-17(18-3)19-10-6-9-16(22)21-11-14-7-4-5-8-15(14)12-21/h4-5,7-8,13H,6,9-12H2,1-3H3,(H2,18,19,20). The SMILES string of the molecule is CN=C(NCCCC(=O)N1Cc2ccccc2C1)NC(C)C. The first-order chi connectivity index (χ1) is 10.6. The van der Waals surface area contributed by atoms with E-state index >= 15 is 0 Å². The third-order valence-corrected chi connectivity index (χ3v) is 3.70. The molecule has 0 aromatic heterocycles. The number of fused-ring (bicyclic) bond motifs is 1. The van der Waals surface area contributed by atoms with Crippen molar-refractivity contribution in [2.45, 2.75) is 45.8 Å². The van der Waals surface area contributed by atoms with Gasteiger partial charge in [0.25, 0.3) is 0 Å². The maximum Gasteiger partial charge on any atom is 0.223 e. The van der Waals surface area contributed by atoms with Gasteiger partial charge in [0.2, 0.25) is 5.91 Å². The zero-order valence-corrected chi connectivity index (χ0v) is 13.7. The van der Waals surface area contributed by atoms with Crippen molar-refractivity contribution in [1.29, 1.82) is 0 Å². The fraction of sp³-hybridized carbons (Fsp3) is 0.529. The lowest BCUT2D eigenvalue weighted by Crippen LogP contribution is -2.41. The van der Waals surface area contributed by atoms with Crippen LogP contribution in [-0.2, 0) is 17.9 Å². The Balaban J connectivity index is 1.69. The molecule has 0 saturated heterocycles. The maximum absolute atomic E-state index is 12.3. The highest BCUT2D eigenvalue weighted by atomic mass is 16.2. The molecule has 120 valence electrons. The molecule has 2 N–H and O–H groups in total. The lowest BCUT2D eigenvalue weighted by molar-refractivity contribution is -0.131. The van der Waals surface area contributed by atoms with Crippen LogP contribution in [0.4, 0.5) is 0 Å². The molecule has 1 heterocycles. The first-order valence-electron chi connectivity index (χ1n) is 7.92. The minimum absolute atomic E-state index is 0.227. The Morgan fingerprint density at radius 2 is 1.91 bits per heavy atom. The average molecular weight is 302 g/mol. The Hall–Kier alpha value is -2.04. The van der Waals surface area contributed by atoms with E-state index in [9.17, 15) is 4.79 Å². The summed E-state index contributed by atoms with van der Waals surface area (Å²) in [5.74, 6) is 1.01. The Bertz CT molecular complexity index is 514. The molecule has 0 spiro atoms. The van der Waals surface area contributed by atoms with Gasteiger partial charge in [0.05, 0.1) is 0 Å². The van der Waals surface area contributed by atoms with E-state index in [-0.39, 0.29) is 5.91 Å². The van der Waals surface area contributed by atoms with Gasteiger partial charge in [-0.1, -0.05) is 24.3 Å². The van der Waals surface area contributed by atoms with Crippen LogP contribution in [0, 0.1) is 0 Å². The van der Waals surface area contributed by atoms with Gasteiger partial charge in [-0.2, -0.15) is 0 Å². The maximum atomic E-state index is 12.3. The molecule has 0 aliphatic carbocycles. The number of carbonyl (C=O) groups is 1. The monoisotopic (exact) mass is 302 g/mol. The minimum Gasteiger partial charge on any atom is -0.356 e. The Labute approximate surface area is 132 Å². The van der Waals surface area contributed by atoms with E-state index in [1.807, 2.05) is 17.0 Å². The highest BCUT2D eigenvalue weighted by molar-refractivity contribution is 5.80. The van der Waals surface area contributed by atoms with E-state index in [2.05, 4.69) is 41.6 Å². The van der Waals surface area contributed by atoms with Crippen LogP contribution in [0.1, 0.15) is 37.8 Å². The third-order valence-electron chi connectivity index (χ3n) is 3.70. The number of hydrogen-bond donors (Lipinski definition) is 2. The second kappa shape index (κ2) is 7.82. The molecular formula is C17H26N4O. The third kappa shape index (κ3) is 4.48. The summed E-state index contributed by atoms with van der Waals surface area (Å²) in [6, 6.07) is 8.61. The first kappa shape index (κ1) is 16.3. The molecule has 5 nitrogen and oxygen atoms in total. The quantitative estimate of drug-likeness (QED) is 0.496. The Morgan fingerprint density at radius 3 is 2.45 bits per heavy atom. The van der Waals surface area contributed by atoms with Gasteiger partial charge < -0.3 is 15.5 Å². The highest BCUT2D eigenvalue weighted by Crippen LogP contribution is 2.22. The number of nitrogens with one attached hydrogen (secondary N) is 2. The molecule has 1 aromatic carbocycles. The summed E-state index contributed by atoms with van der Waals surface area (Å²) in [7, 11) is 1.75. The van der Waals surface area contributed by atoms with Gasteiger partial charge in [-0.25, -0.2) is 0 Å². The fourth-order valence-corrected chi connectivity index (χ4v) is 2.58. The van der Waals surface area contributed by atoms with Crippen molar-refractivity contribution in [2.24, 2.45) is 4.99 Å². The molecule has 1 aliphatic rings. The smallest absolute Gasteiger partial charge is 0.223 e. The molecule has 0 fully saturated rings. The van der Waals surface area contributed by atoms with E-state index in [0.29, 0.717) is 12.5 Å². The number of carbonyl (C=O) groups excluding carboxylic acids is 1. The second-order valence-corrected chi connectivity index (χ2v) is 5.92. The van der Waals surface area contributed by atoms with Gasteiger partial charge in [-0.15, -0.1) is 0 Å². The molecule has 0 bridgehead atoms. The zero-order valence-electron chi connectivity index (χ0n) is 13.7. The Kier molecular flexibility index (Phi) is 5.81. The molecule has 1 aliphatic heterocycles. The van der Waals surface area contributed by atoms with Gasteiger partial charge in [-0.05, 0) is 31.4 Å². The van der Waals surface area contributed by atoms with Gasteiger partial charge in [0.1, 0.15) is 0 Å². The topological polar surface area (TPSA) is 56.7 Å². The van der Waals surface area contributed by atoms with Gasteiger partial charge in [-0.3, -0.25) is 9.79 Å². The van der Waals surface area contributed by atoms with Gasteiger partial charge in [0, 0.05) is 39.1 Å². The van der Waals surface area contributed by atoms with Crippen molar-refractivity contribution >= 4 is 11.9 Å². The van der Waals surface area contributed by atoms with Crippen molar-refractivity contribution in [3.63, 3.8) is 0 Å². The Morgan fingerprint density at radius 1 is 1.27 bits per heavy atom. The molecule has 1 aromatic rings. The minimum atomic E-state index is 0.227. The predicted molar refractivity (Wildman–Crippen MR) is 89.6 cm³/mol. The number of aliphatic imine (C=N–C) groups is 1. The molecule has 0 radical (unpaired) electrons. The van der Waals surface area contributed by atoms with Gasteiger partial charge in [0.15, 0.2) is 5.96 Å². The first-order valence-corrected chi connectivity index (χ1v) is 7.92. The van der Waals surface area contributed by atoms with E-state index in [1.54, 1.807) is 7.05 Å². The molecule has 0 saturated carbocycles. The summed E-state index contributed by atoms with van der Waals surface area (Å²) >= 11 is 0. The number of rotatable bonds is 5. The molecule has 1 amide bonds. The summed E-state index contributed by atoms with van der Waals surface area (Å²) in [5.41, 5.74) is 2.55. The van der Waals surface area contributed by atoms with Gasteiger partial charge >= 0.3 is 0 Å². The number of nitrogens with zero attached hydrogens (tertiary/aromatic N) is 2. The van der Waals surface area contributed by atoms with Crippen LogP contribution in [0.25, 0.3) is 0 Å². The van der Waals surface area contributed by atoms with E-state index in [4.69, 9.17) is 0 Å². The molecular weight excluding hydrogens is 276 g/mol. The largest absolute Gasteiger partial charge is 0.356 e. The average Bonchev–Trinajstić information content (AvgIpc) is 2.93. The summed E-state index contributed by atoms with van der Waals surface area (Å²) in [4.78, 5) is 18.3. The molecule has 5 heteroatoms. The number of benzene rings is 1. The van der Waals surface area contributed by atoms with E-state index < -0.39 is 0 Å².